The van der Waals surface area contributed by atoms with Crippen LogP contribution in [0, 0.1) is 11.8 Å². The van der Waals surface area contributed by atoms with Gasteiger partial charge in [0.05, 0.1) is 0 Å². The Hall–Kier alpha value is -0.0800. The summed E-state index contributed by atoms with van der Waals surface area (Å²) in [5, 5.41) is 3.81. The fourth-order valence-corrected chi connectivity index (χ4v) is 3.87. The molecule has 0 aromatic rings. The monoisotopic (exact) mass is 266 g/mol. The minimum atomic E-state index is 0.328. The molecule has 0 radical (unpaired) electrons. The second-order valence-electron chi connectivity index (χ2n) is 7.69. The highest BCUT2D eigenvalue weighted by atomic mass is 15.3. The predicted molar refractivity (Wildman–Crippen MR) is 83.5 cm³/mol. The van der Waals surface area contributed by atoms with Gasteiger partial charge < -0.3 is 5.32 Å². The summed E-state index contributed by atoms with van der Waals surface area (Å²) in [6.45, 7) is 14.3. The summed E-state index contributed by atoms with van der Waals surface area (Å²) in [7, 11) is 0. The average molecular weight is 266 g/mol. The van der Waals surface area contributed by atoms with Crippen LogP contribution in [0.2, 0.25) is 0 Å². The van der Waals surface area contributed by atoms with E-state index in [1.807, 2.05) is 0 Å². The van der Waals surface area contributed by atoms with Gasteiger partial charge in [-0.1, -0.05) is 27.7 Å². The van der Waals surface area contributed by atoms with Gasteiger partial charge in [-0.3, -0.25) is 4.90 Å². The van der Waals surface area contributed by atoms with Gasteiger partial charge >= 0.3 is 0 Å². The second kappa shape index (κ2) is 6.13. The van der Waals surface area contributed by atoms with E-state index in [-0.39, 0.29) is 0 Å². The number of rotatable bonds is 3. The molecule has 2 unspecified atom stereocenters. The van der Waals surface area contributed by atoms with E-state index in [1.54, 1.807) is 0 Å². The molecule has 1 aliphatic heterocycles. The fraction of sp³-hybridized carbons (Fsp3) is 1.00. The smallest absolute Gasteiger partial charge is 0.0278 e. The number of nitrogens with one attached hydrogen (secondary N) is 1. The van der Waals surface area contributed by atoms with E-state index in [0.29, 0.717) is 5.54 Å². The maximum absolute atomic E-state index is 3.81. The van der Waals surface area contributed by atoms with Crippen LogP contribution < -0.4 is 5.32 Å². The lowest BCUT2D eigenvalue weighted by molar-refractivity contribution is 0.00730. The van der Waals surface area contributed by atoms with Gasteiger partial charge in [0, 0.05) is 30.7 Å². The van der Waals surface area contributed by atoms with Gasteiger partial charge in [0.2, 0.25) is 0 Å². The summed E-state index contributed by atoms with van der Waals surface area (Å²) < 4.78 is 0. The largest absolute Gasteiger partial charge is 0.309 e. The zero-order chi connectivity index (χ0) is 14.0. The van der Waals surface area contributed by atoms with Gasteiger partial charge in [-0.25, -0.2) is 0 Å². The molecular formula is C17H34N2. The third-order valence-electron chi connectivity index (χ3n) is 5.70. The molecule has 1 aliphatic carbocycles. The van der Waals surface area contributed by atoms with Gasteiger partial charge in [-0.15, -0.1) is 0 Å². The van der Waals surface area contributed by atoms with Crippen molar-refractivity contribution in [2.24, 2.45) is 11.8 Å². The maximum atomic E-state index is 3.81. The Morgan fingerprint density at radius 1 is 1.21 bits per heavy atom. The van der Waals surface area contributed by atoms with E-state index in [2.05, 4.69) is 44.8 Å². The molecule has 0 spiro atoms. The summed E-state index contributed by atoms with van der Waals surface area (Å²) in [6, 6.07) is 1.58. The molecule has 0 aromatic heterocycles. The Kier molecular flexibility index (Phi) is 4.94. The average Bonchev–Trinajstić information content (AvgIpc) is 2.39. The minimum absolute atomic E-state index is 0.328. The second-order valence-corrected chi connectivity index (χ2v) is 7.69. The first-order chi connectivity index (χ1) is 8.95. The van der Waals surface area contributed by atoms with Crippen molar-refractivity contribution in [2.75, 3.05) is 13.1 Å². The topological polar surface area (TPSA) is 15.3 Å². The number of nitrogens with zero attached hydrogens (tertiary/aromatic N) is 1. The summed E-state index contributed by atoms with van der Waals surface area (Å²) in [5.74, 6) is 1.71. The van der Waals surface area contributed by atoms with Crippen molar-refractivity contribution in [1.29, 1.82) is 0 Å². The highest BCUT2D eigenvalue weighted by Crippen LogP contribution is 2.32. The Balaban J connectivity index is 2.07. The van der Waals surface area contributed by atoms with Gasteiger partial charge in [0.1, 0.15) is 0 Å². The molecule has 1 heterocycles. The molecule has 112 valence electrons. The summed E-state index contributed by atoms with van der Waals surface area (Å²) in [5.41, 5.74) is 0.328. The van der Waals surface area contributed by atoms with Crippen LogP contribution in [0.3, 0.4) is 0 Å². The Labute approximate surface area is 120 Å². The molecule has 1 saturated carbocycles. The molecule has 19 heavy (non-hydrogen) atoms. The lowest BCUT2D eigenvalue weighted by Crippen LogP contribution is -2.66. The predicted octanol–water partition coefficient (Wildman–Crippen LogP) is 3.66. The third kappa shape index (κ3) is 3.52. The Bertz CT molecular complexity index is 281. The van der Waals surface area contributed by atoms with E-state index < -0.39 is 0 Å². The van der Waals surface area contributed by atoms with Gasteiger partial charge in [-0.2, -0.15) is 0 Å². The molecule has 2 aliphatic rings. The molecule has 2 fully saturated rings. The normalized spacial score (nSPS) is 41.7. The number of hydrogen-bond acceptors (Lipinski definition) is 2. The number of hydrogen-bond donors (Lipinski definition) is 1. The van der Waals surface area contributed by atoms with Crippen LogP contribution in [0.4, 0.5) is 0 Å². The van der Waals surface area contributed by atoms with Crippen molar-refractivity contribution in [1.82, 2.24) is 10.2 Å². The van der Waals surface area contributed by atoms with Crippen molar-refractivity contribution < 1.29 is 0 Å². The van der Waals surface area contributed by atoms with Crippen LogP contribution in [0.1, 0.15) is 66.7 Å². The molecule has 0 aromatic carbocycles. The molecule has 2 heteroatoms. The number of piperazine rings is 1. The van der Waals surface area contributed by atoms with Crippen LogP contribution in [0.5, 0.6) is 0 Å². The van der Waals surface area contributed by atoms with Crippen molar-refractivity contribution in [2.45, 2.75) is 84.3 Å². The van der Waals surface area contributed by atoms with Gasteiger partial charge in [-0.05, 0) is 50.9 Å². The van der Waals surface area contributed by atoms with Crippen molar-refractivity contribution in [3.05, 3.63) is 0 Å². The lowest BCUT2D eigenvalue weighted by atomic mass is 9.82. The zero-order valence-corrected chi connectivity index (χ0v) is 13.7. The summed E-state index contributed by atoms with van der Waals surface area (Å²) in [6.07, 6.45) is 6.94. The molecule has 0 bridgehead atoms. The Morgan fingerprint density at radius 3 is 2.37 bits per heavy atom. The first-order valence-corrected chi connectivity index (χ1v) is 8.46. The van der Waals surface area contributed by atoms with Crippen LogP contribution in [0.15, 0.2) is 0 Å². The van der Waals surface area contributed by atoms with E-state index in [9.17, 15) is 0 Å². The first kappa shape index (κ1) is 15.3. The van der Waals surface area contributed by atoms with E-state index >= 15 is 0 Å². The zero-order valence-electron chi connectivity index (χ0n) is 13.7. The quantitative estimate of drug-likeness (QED) is 0.838. The minimum Gasteiger partial charge on any atom is -0.309 e. The highest BCUT2D eigenvalue weighted by Gasteiger charge is 2.39. The van der Waals surface area contributed by atoms with Crippen LogP contribution in [-0.4, -0.2) is 35.6 Å². The van der Waals surface area contributed by atoms with Crippen LogP contribution in [-0.2, 0) is 0 Å². The van der Waals surface area contributed by atoms with Gasteiger partial charge in [0.25, 0.3) is 0 Å². The molecular weight excluding hydrogens is 232 g/mol. The molecule has 2 atom stereocenters. The third-order valence-corrected chi connectivity index (χ3v) is 5.70. The lowest BCUT2D eigenvalue weighted by Gasteiger charge is -2.51. The standard InChI is InChI=1S/C17H34N2/c1-6-17(5)12-19(16(11-18-17)13(2)3)15-9-7-14(4)8-10-15/h13-16,18H,6-12H2,1-5H3. The van der Waals surface area contributed by atoms with Crippen molar-refractivity contribution in [3.63, 3.8) is 0 Å². The molecule has 1 N–H and O–H groups in total. The molecule has 1 saturated heterocycles. The summed E-state index contributed by atoms with van der Waals surface area (Å²) in [4.78, 5) is 2.87. The van der Waals surface area contributed by atoms with Crippen LogP contribution in [0.25, 0.3) is 0 Å². The fourth-order valence-electron chi connectivity index (χ4n) is 3.87. The van der Waals surface area contributed by atoms with E-state index in [0.717, 1.165) is 23.9 Å². The van der Waals surface area contributed by atoms with E-state index in [1.165, 1.54) is 45.2 Å². The SMILES string of the molecule is CCC1(C)CN(C2CCC(C)CC2)C(C(C)C)CN1. The maximum Gasteiger partial charge on any atom is 0.0278 e. The van der Waals surface area contributed by atoms with E-state index in [4.69, 9.17) is 0 Å². The van der Waals surface area contributed by atoms with Gasteiger partial charge in [0.15, 0.2) is 0 Å². The Morgan fingerprint density at radius 2 is 1.84 bits per heavy atom. The van der Waals surface area contributed by atoms with Crippen LogP contribution >= 0.6 is 0 Å². The van der Waals surface area contributed by atoms with Crippen molar-refractivity contribution in [3.8, 4) is 0 Å². The first-order valence-electron chi connectivity index (χ1n) is 8.46. The molecule has 0 amide bonds. The van der Waals surface area contributed by atoms with Crippen molar-refractivity contribution >= 4 is 0 Å². The molecule has 2 rings (SSSR count). The molecule has 2 nitrogen and oxygen atoms in total. The summed E-state index contributed by atoms with van der Waals surface area (Å²) >= 11 is 0. The highest BCUT2D eigenvalue weighted by molar-refractivity contribution is 4.98.